The first-order valence-corrected chi connectivity index (χ1v) is 6.37. The summed E-state index contributed by atoms with van der Waals surface area (Å²) in [6.45, 7) is 6.71. The number of aromatic nitrogens is 1. The van der Waals surface area contributed by atoms with Crippen LogP contribution >= 0.6 is 22.9 Å². The van der Waals surface area contributed by atoms with E-state index >= 15 is 0 Å². The maximum absolute atomic E-state index is 5.69. The van der Waals surface area contributed by atoms with Gasteiger partial charge in [0.2, 0.25) is 0 Å². The molecule has 1 N–H and O–H groups in total. The van der Waals surface area contributed by atoms with Crippen LogP contribution in [0.3, 0.4) is 0 Å². The van der Waals surface area contributed by atoms with Gasteiger partial charge in [-0.1, -0.05) is 25.4 Å². The Labute approximate surface area is 99.8 Å². The Balaban J connectivity index is 1.98. The minimum absolute atomic E-state index is 0.545. The zero-order valence-electron chi connectivity index (χ0n) is 9.12. The van der Waals surface area contributed by atoms with E-state index in [1.54, 1.807) is 0 Å². The molecule has 15 heavy (non-hydrogen) atoms. The predicted molar refractivity (Wildman–Crippen MR) is 65.9 cm³/mol. The average molecular weight is 249 g/mol. The number of hydrogen-bond donors (Lipinski definition) is 1. The van der Waals surface area contributed by atoms with Crippen LogP contribution in [0.5, 0.6) is 0 Å². The highest BCUT2D eigenvalue weighted by Crippen LogP contribution is 2.18. The van der Waals surface area contributed by atoms with Gasteiger partial charge < -0.3 is 10.1 Å². The van der Waals surface area contributed by atoms with E-state index in [0.29, 0.717) is 17.7 Å². The van der Waals surface area contributed by atoms with Crippen molar-refractivity contribution in [3.63, 3.8) is 0 Å². The molecule has 0 amide bonds. The lowest BCUT2D eigenvalue weighted by atomic mass is 10.1. The van der Waals surface area contributed by atoms with Crippen molar-refractivity contribution in [1.82, 2.24) is 4.98 Å². The summed E-state index contributed by atoms with van der Waals surface area (Å²) >= 11 is 7.19. The second kappa shape index (κ2) is 7.04. The highest BCUT2D eigenvalue weighted by Gasteiger charge is 1.98. The molecule has 0 atom stereocenters. The molecule has 0 unspecified atom stereocenters. The molecule has 0 saturated carbocycles. The largest absolute Gasteiger partial charge is 0.380 e. The number of rotatable bonds is 7. The fourth-order valence-electron chi connectivity index (χ4n) is 0.987. The van der Waals surface area contributed by atoms with E-state index in [4.69, 9.17) is 16.3 Å². The third-order valence-corrected chi connectivity index (χ3v) is 2.96. The molecule has 0 aliphatic carbocycles. The monoisotopic (exact) mass is 248 g/mol. The van der Waals surface area contributed by atoms with E-state index in [-0.39, 0.29) is 0 Å². The Kier molecular flexibility index (Phi) is 5.98. The second-order valence-electron chi connectivity index (χ2n) is 3.70. The normalized spacial score (nSPS) is 10.9. The maximum atomic E-state index is 5.69. The van der Waals surface area contributed by atoms with Crippen molar-refractivity contribution in [1.29, 1.82) is 0 Å². The van der Waals surface area contributed by atoms with Crippen LogP contribution < -0.4 is 5.32 Å². The molecule has 1 aromatic rings. The smallest absolute Gasteiger partial charge is 0.184 e. The molecule has 0 aliphatic heterocycles. The van der Waals surface area contributed by atoms with Crippen LogP contribution in [0.2, 0.25) is 5.15 Å². The van der Waals surface area contributed by atoms with Crippen molar-refractivity contribution in [2.24, 2.45) is 5.92 Å². The van der Waals surface area contributed by atoms with Crippen molar-refractivity contribution in [2.45, 2.75) is 20.3 Å². The van der Waals surface area contributed by atoms with Crippen LogP contribution in [0.4, 0.5) is 5.13 Å². The van der Waals surface area contributed by atoms with E-state index < -0.39 is 0 Å². The van der Waals surface area contributed by atoms with E-state index in [9.17, 15) is 0 Å². The molecule has 5 heteroatoms. The van der Waals surface area contributed by atoms with Gasteiger partial charge in [-0.05, 0) is 12.3 Å². The number of anilines is 1. The van der Waals surface area contributed by atoms with Crippen LogP contribution in [0, 0.1) is 5.92 Å². The average Bonchev–Trinajstić information content (AvgIpc) is 2.57. The summed E-state index contributed by atoms with van der Waals surface area (Å²) < 4.78 is 5.45. The summed E-state index contributed by atoms with van der Waals surface area (Å²) in [5, 5.41) is 6.36. The minimum Gasteiger partial charge on any atom is -0.380 e. The van der Waals surface area contributed by atoms with Gasteiger partial charge in [-0.25, -0.2) is 4.98 Å². The van der Waals surface area contributed by atoms with E-state index in [1.807, 2.05) is 5.38 Å². The Morgan fingerprint density at radius 2 is 2.33 bits per heavy atom. The van der Waals surface area contributed by atoms with Gasteiger partial charge in [-0.3, -0.25) is 0 Å². The first-order chi connectivity index (χ1) is 7.18. The Bertz CT molecular complexity index is 278. The van der Waals surface area contributed by atoms with E-state index in [1.165, 1.54) is 11.3 Å². The van der Waals surface area contributed by atoms with Gasteiger partial charge in [0, 0.05) is 18.5 Å². The third kappa shape index (κ3) is 5.97. The van der Waals surface area contributed by atoms with E-state index in [0.717, 1.165) is 24.7 Å². The molecule has 0 spiro atoms. The maximum Gasteiger partial charge on any atom is 0.184 e. The molecule has 3 nitrogen and oxygen atoms in total. The predicted octanol–water partition coefficient (Wildman–Crippen LogP) is 3.27. The lowest BCUT2D eigenvalue weighted by molar-refractivity contribution is 0.132. The first kappa shape index (κ1) is 12.7. The van der Waals surface area contributed by atoms with Gasteiger partial charge in [0.15, 0.2) is 5.13 Å². The summed E-state index contributed by atoms with van der Waals surface area (Å²) in [6.07, 6.45) is 1.11. The Hall–Kier alpha value is -0.320. The molecule has 0 radical (unpaired) electrons. The van der Waals surface area contributed by atoms with Crippen LogP contribution in [0.25, 0.3) is 0 Å². The number of thiazole rings is 1. The second-order valence-corrected chi connectivity index (χ2v) is 4.94. The van der Waals surface area contributed by atoms with Crippen LogP contribution in [-0.4, -0.2) is 24.7 Å². The van der Waals surface area contributed by atoms with Crippen LogP contribution in [-0.2, 0) is 4.74 Å². The molecule has 1 rings (SSSR count). The number of nitrogens with one attached hydrogen (secondary N) is 1. The van der Waals surface area contributed by atoms with Crippen LogP contribution in [0.15, 0.2) is 5.38 Å². The summed E-state index contributed by atoms with van der Waals surface area (Å²) in [5.74, 6) is 0.704. The molecule has 0 bridgehead atoms. The van der Waals surface area contributed by atoms with E-state index in [2.05, 4.69) is 24.1 Å². The lowest BCUT2D eigenvalue weighted by Gasteiger charge is -2.06. The quantitative estimate of drug-likeness (QED) is 0.752. The Morgan fingerprint density at radius 1 is 1.53 bits per heavy atom. The minimum atomic E-state index is 0.545. The zero-order valence-corrected chi connectivity index (χ0v) is 10.7. The highest BCUT2D eigenvalue weighted by molar-refractivity contribution is 7.14. The van der Waals surface area contributed by atoms with Crippen molar-refractivity contribution >= 4 is 28.1 Å². The fraction of sp³-hybridized carbons (Fsp3) is 0.700. The number of ether oxygens (including phenoxy) is 1. The van der Waals surface area contributed by atoms with Gasteiger partial charge in [-0.15, -0.1) is 11.3 Å². The zero-order chi connectivity index (χ0) is 11.1. The molecule has 0 saturated heterocycles. The fourth-order valence-corrected chi connectivity index (χ4v) is 1.85. The van der Waals surface area contributed by atoms with Gasteiger partial charge in [0.05, 0.1) is 6.61 Å². The topological polar surface area (TPSA) is 34.1 Å². The summed E-state index contributed by atoms with van der Waals surface area (Å²) in [5.41, 5.74) is 0. The molecular weight excluding hydrogens is 232 g/mol. The first-order valence-electron chi connectivity index (χ1n) is 5.11. The van der Waals surface area contributed by atoms with Gasteiger partial charge >= 0.3 is 0 Å². The van der Waals surface area contributed by atoms with Gasteiger partial charge in [-0.2, -0.15) is 0 Å². The summed E-state index contributed by atoms with van der Waals surface area (Å²) in [6, 6.07) is 0. The highest BCUT2D eigenvalue weighted by atomic mass is 35.5. The third-order valence-electron chi connectivity index (χ3n) is 1.84. The molecule has 86 valence electrons. The van der Waals surface area contributed by atoms with Crippen molar-refractivity contribution in [3.8, 4) is 0 Å². The molecule has 1 aromatic heterocycles. The number of nitrogens with zero attached hydrogens (tertiary/aromatic N) is 1. The van der Waals surface area contributed by atoms with Gasteiger partial charge in [0.25, 0.3) is 0 Å². The Morgan fingerprint density at radius 3 is 2.93 bits per heavy atom. The lowest BCUT2D eigenvalue weighted by Crippen LogP contribution is -2.10. The number of halogens is 1. The summed E-state index contributed by atoms with van der Waals surface area (Å²) in [7, 11) is 0. The van der Waals surface area contributed by atoms with Crippen molar-refractivity contribution in [3.05, 3.63) is 10.5 Å². The van der Waals surface area contributed by atoms with Crippen LogP contribution in [0.1, 0.15) is 20.3 Å². The van der Waals surface area contributed by atoms with Crippen molar-refractivity contribution in [2.75, 3.05) is 25.1 Å². The molecule has 0 aliphatic rings. The van der Waals surface area contributed by atoms with Gasteiger partial charge in [0.1, 0.15) is 5.15 Å². The SMILES string of the molecule is CC(C)CCOCCNc1nc(Cl)cs1. The molecule has 1 heterocycles. The molecule has 0 aromatic carbocycles. The standard InChI is InChI=1S/C10H17ClN2OS/c1-8(2)3-5-14-6-4-12-10-13-9(11)7-15-10/h7-8H,3-6H2,1-2H3,(H,12,13). The number of hydrogen-bond acceptors (Lipinski definition) is 4. The van der Waals surface area contributed by atoms with Crippen molar-refractivity contribution < 1.29 is 4.74 Å². The summed E-state index contributed by atoms with van der Waals surface area (Å²) in [4.78, 5) is 4.07. The molecule has 0 fully saturated rings. The molecular formula is C10H17ClN2OS.